The first kappa shape index (κ1) is 32.2. The number of benzene rings is 2. The van der Waals surface area contributed by atoms with Crippen molar-refractivity contribution in [1.82, 2.24) is 15.9 Å². The summed E-state index contributed by atoms with van der Waals surface area (Å²) in [6.07, 6.45) is 14.8. The summed E-state index contributed by atoms with van der Waals surface area (Å²) in [5.74, 6) is 3.07. The molecule has 5 aliphatic rings. The second-order valence-corrected chi connectivity index (χ2v) is 14.1. The summed E-state index contributed by atoms with van der Waals surface area (Å²) in [6, 6.07) is 12.4. The van der Waals surface area contributed by atoms with E-state index in [9.17, 15) is 9.90 Å². The van der Waals surface area contributed by atoms with E-state index in [1.54, 1.807) is 12.1 Å². The minimum atomic E-state index is -0.664. The van der Waals surface area contributed by atoms with Gasteiger partial charge in [-0.1, -0.05) is 37.0 Å². The lowest BCUT2D eigenvalue weighted by molar-refractivity contribution is -0.139. The number of unbranched alkanes of at least 4 members (excludes halogenated alkanes) is 3. The molecule has 3 N–H and O–H groups in total. The van der Waals surface area contributed by atoms with Crippen molar-refractivity contribution < 1.29 is 24.1 Å². The molecule has 252 valence electrons. The van der Waals surface area contributed by atoms with E-state index >= 15 is 0 Å². The zero-order chi connectivity index (χ0) is 32.4. The Morgan fingerprint density at radius 3 is 2.51 bits per heavy atom. The van der Waals surface area contributed by atoms with Crippen LogP contribution in [0.5, 0.6) is 17.2 Å². The molecule has 2 aromatic carbocycles. The molecule has 47 heavy (non-hydrogen) atoms. The largest absolute Gasteiger partial charge is 0.496 e. The van der Waals surface area contributed by atoms with Crippen LogP contribution < -0.4 is 25.1 Å². The number of rotatable bonds is 11. The quantitative estimate of drug-likeness (QED) is 0.194. The summed E-state index contributed by atoms with van der Waals surface area (Å²) in [7, 11) is 1.74. The Morgan fingerprint density at radius 2 is 1.74 bits per heavy atom. The maximum absolute atomic E-state index is 13.7. The van der Waals surface area contributed by atoms with Crippen LogP contribution in [0.2, 0.25) is 0 Å². The molecule has 2 fully saturated rings. The van der Waals surface area contributed by atoms with Crippen molar-refractivity contribution in [3.8, 4) is 17.2 Å². The first-order chi connectivity index (χ1) is 22.9. The zero-order valence-corrected chi connectivity index (χ0v) is 27.9. The molecule has 9 nitrogen and oxygen atoms in total. The molecule has 2 aliphatic carbocycles. The fraction of sp³-hybridized carbons (Fsp3) is 0.579. The van der Waals surface area contributed by atoms with Crippen molar-refractivity contribution in [3.05, 3.63) is 64.7 Å². The highest BCUT2D eigenvalue weighted by Gasteiger charge is 2.47. The van der Waals surface area contributed by atoms with Crippen LogP contribution in [0.4, 0.5) is 0 Å². The van der Waals surface area contributed by atoms with Crippen LogP contribution in [0, 0.1) is 11.8 Å². The molecule has 3 heterocycles. The molecule has 1 spiro atoms. The number of aliphatic hydroxyl groups excluding tert-OH is 1. The smallest absolute Gasteiger partial charge is 0.246 e. The number of aliphatic hydroxyl groups is 1. The summed E-state index contributed by atoms with van der Waals surface area (Å²) in [5, 5.41) is 16.6. The lowest BCUT2D eigenvalue weighted by atomic mass is 9.73. The predicted molar refractivity (Wildman–Crippen MR) is 181 cm³/mol. The summed E-state index contributed by atoms with van der Waals surface area (Å²) >= 11 is 0. The van der Waals surface area contributed by atoms with Gasteiger partial charge < -0.3 is 19.3 Å². The second-order valence-electron chi connectivity index (χ2n) is 14.1. The van der Waals surface area contributed by atoms with Crippen LogP contribution in [0.25, 0.3) is 0 Å². The van der Waals surface area contributed by atoms with E-state index in [0.29, 0.717) is 13.2 Å². The van der Waals surface area contributed by atoms with Crippen molar-refractivity contribution in [2.24, 2.45) is 16.9 Å². The van der Waals surface area contributed by atoms with Gasteiger partial charge in [-0.25, -0.2) is 15.9 Å². The molecule has 4 unspecified atom stereocenters. The number of nitrogens with one attached hydrogen (secondary N) is 2. The highest BCUT2D eigenvalue weighted by atomic mass is 16.5. The first-order valence-corrected chi connectivity index (χ1v) is 17.8. The zero-order valence-electron chi connectivity index (χ0n) is 27.9. The third kappa shape index (κ3) is 6.67. The molecule has 0 aromatic heterocycles. The molecule has 0 saturated heterocycles. The van der Waals surface area contributed by atoms with Gasteiger partial charge in [0.1, 0.15) is 29.1 Å². The van der Waals surface area contributed by atoms with Gasteiger partial charge in [-0.2, -0.15) is 5.10 Å². The number of hydrogen-bond acceptors (Lipinski definition) is 8. The van der Waals surface area contributed by atoms with Gasteiger partial charge in [0.25, 0.3) is 0 Å². The summed E-state index contributed by atoms with van der Waals surface area (Å²) in [6.45, 7) is 3.31. The molecule has 0 bridgehead atoms. The second kappa shape index (κ2) is 14.0. The van der Waals surface area contributed by atoms with Crippen LogP contribution in [-0.2, 0) is 11.2 Å². The lowest BCUT2D eigenvalue weighted by Gasteiger charge is -2.39. The van der Waals surface area contributed by atoms with Gasteiger partial charge in [-0.15, -0.1) is 0 Å². The Bertz CT molecular complexity index is 1500. The Kier molecular flexibility index (Phi) is 9.57. The highest BCUT2D eigenvalue weighted by Crippen LogP contribution is 2.51. The number of ether oxygens (including phenoxy) is 3. The number of nitrogens with zero attached hydrogens (tertiary/aromatic N) is 2. The average molecular weight is 643 g/mol. The minimum Gasteiger partial charge on any atom is -0.496 e. The SMILES string of the molecule is COc1ccc(C2=NN(CCCCCCOc3ccc(C4NNC(O)C=C4C)cc3)C(=O)C3CCCCC23)c2c1CC1(CCCC1)O2. The molecule has 9 heteroatoms. The Morgan fingerprint density at radius 1 is 0.979 bits per heavy atom. The number of hydrazone groups is 1. The Hall–Kier alpha value is -3.40. The van der Waals surface area contributed by atoms with Gasteiger partial charge in [0.05, 0.1) is 25.5 Å². The topological polar surface area (TPSA) is 105 Å². The van der Waals surface area contributed by atoms with Gasteiger partial charge >= 0.3 is 0 Å². The van der Waals surface area contributed by atoms with Crippen molar-refractivity contribution in [2.75, 3.05) is 20.3 Å². The van der Waals surface area contributed by atoms with E-state index in [1.807, 2.05) is 25.1 Å². The van der Waals surface area contributed by atoms with Crippen LogP contribution in [0.15, 0.2) is 53.1 Å². The molecular formula is C38H50N4O5. The number of carbonyl (C=O) groups is 1. The Balaban J connectivity index is 0.948. The summed E-state index contributed by atoms with van der Waals surface area (Å²) in [5.41, 5.74) is 11.4. The Labute approximate surface area is 278 Å². The van der Waals surface area contributed by atoms with E-state index in [4.69, 9.17) is 19.3 Å². The highest BCUT2D eigenvalue weighted by molar-refractivity contribution is 6.09. The number of hydrogen-bond donors (Lipinski definition) is 3. The van der Waals surface area contributed by atoms with Gasteiger partial charge in [0.2, 0.25) is 5.91 Å². The van der Waals surface area contributed by atoms with E-state index in [0.717, 1.165) is 110 Å². The van der Waals surface area contributed by atoms with Crippen molar-refractivity contribution >= 4 is 11.6 Å². The van der Waals surface area contributed by atoms with Gasteiger partial charge in [0, 0.05) is 35.9 Å². The van der Waals surface area contributed by atoms with Crippen LogP contribution >= 0.6 is 0 Å². The van der Waals surface area contributed by atoms with Crippen molar-refractivity contribution in [2.45, 2.75) is 108 Å². The molecule has 2 aromatic rings. The number of fused-ring (bicyclic) bond motifs is 2. The standard InChI is InChI=1S/C38H50N4O5/c1-25-23-33(43)39-40-34(25)26-13-15-27(16-14-26)46-22-10-4-3-9-21-42-37(44)29-12-6-5-11-28(29)35(41-42)30-17-18-32(45-2)31-24-38(47-36(30)31)19-7-8-20-38/h13-18,23,28-29,33-34,39-40,43H,3-12,19-22,24H2,1-2H3. The van der Waals surface area contributed by atoms with E-state index < -0.39 is 6.23 Å². The van der Waals surface area contributed by atoms with Crippen molar-refractivity contribution in [3.63, 3.8) is 0 Å². The lowest BCUT2D eigenvalue weighted by Crippen LogP contribution is -2.46. The van der Waals surface area contributed by atoms with E-state index in [2.05, 4.69) is 35.1 Å². The normalized spacial score (nSPS) is 26.4. The van der Waals surface area contributed by atoms with Crippen LogP contribution in [0.3, 0.4) is 0 Å². The third-order valence-corrected chi connectivity index (χ3v) is 11.0. The van der Waals surface area contributed by atoms with E-state index in [1.165, 1.54) is 18.4 Å². The maximum atomic E-state index is 13.7. The van der Waals surface area contributed by atoms with Crippen molar-refractivity contribution in [1.29, 1.82) is 0 Å². The fourth-order valence-electron chi connectivity index (χ4n) is 8.45. The first-order valence-electron chi connectivity index (χ1n) is 17.8. The molecule has 1 amide bonds. The van der Waals surface area contributed by atoms with E-state index in [-0.39, 0.29) is 29.4 Å². The number of methoxy groups -OCH3 is 1. The number of hydrazine groups is 1. The summed E-state index contributed by atoms with van der Waals surface area (Å²) in [4.78, 5) is 13.7. The molecule has 2 saturated carbocycles. The van der Waals surface area contributed by atoms with Gasteiger partial charge in [0.15, 0.2) is 0 Å². The molecular weight excluding hydrogens is 592 g/mol. The monoisotopic (exact) mass is 642 g/mol. The molecule has 4 atom stereocenters. The molecule has 7 rings (SSSR count). The molecule has 3 aliphatic heterocycles. The number of amides is 1. The average Bonchev–Trinajstić information content (AvgIpc) is 3.71. The van der Waals surface area contributed by atoms with Gasteiger partial charge in [-0.05, 0) is 101 Å². The molecule has 0 radical (unpaired) electrons. The minimum absolute atomic E-state index is 0.00678. The maximum Gasteiger partial charge on any atom is 0.246 e. The summed E-state index contributed by atoms with van der Waals surface area (Å²) < 4.78 is 18.7. The van der Waals surface area contributed by atoms with Crippen LogP contribution in [0.1, 0.15) is 107 Å². The van der Waals surface area contributed by atoms with Crippen LogP contribution in [-0.4, -0.2) is 53.8 Å². The number of carbonyl (C=O) groups excluding carboxylic acids is 1. The third-order valence-electron chi connectivity index (χ3n) is 11.0. The fourth-order valence-corrected chi connectivity index (χ4v) is 8.45. The van der Waals surface area contributed by atoms with Gasteiger partial charge in [-0.3, -0.25) is 4.79 Å². The predicted octanol–water partition coefficient (Wildman–Crippen LogP) is 6.35.